The number of nitrogens with zero attached hydrogens (tertiary/aromatic N) is 4. The van der Waals surface area contributed by atoms with E-state index in [1.54, 1.807) is 22.7 Å². The van der Waals surface area contributed by atoms with Gasteiger partial charge in [-0.25, -0.2) is 4.98 Å². The Morgan fingerprint density at radius 2 is 1.94 bits per heavy atom. The van der Waals surface area contributed by atoms with Gasteiger partial charge in [0.25, 0.3) is 5.91 Å². The van der Waals surface area contributed by atoms with Crippen LogP contribution in [0, 0.1) is 5.92 Å². The van der Waals surface area contributed by atoms with Crippen molar-refractivity contribution in [2.24, 2.45) is 20.0 Å². The molecule has 0 saturated carbocycles. The van der Waals surface area contributed by atoms with Gasteiger partial charge in [0.2, 0.25) is 5.91 Å². The first-order valence-electron chi connectivity index (χ1n) is 10.8. The number of amides is 2. The van der Waals surface area contributed by atoms with Crippen molar-refractivity contribution in [2.45, 2.75) is 20.3 Å². The van der Waals surface area contributed by atoms with Gasteiger partial charge in [0, 0.05) is 45.5 Å². The molecule has 0 aliphatic carbocycles. The number of aryl methyl sites for hydroxylation is 2. The molecule has 3 aromatic rings. The second kappa shape index (κ2) is 8.66. The number of carbonyl (C=O) groups is 2. The van der Waals surface area contributed by atoms with Gasteiger partial charge in [-0.2, -0.15) is 0 Å². The number of morpholine rings is 1. The van der Waals surface area contributed by atoms with Crippen LogP contribution in [0.1, 0.15) is 30.6 Å². The van der Waals surface area contributed by atoms with E-state index in [1.165, 1.54) is 0 Å². The summed E-state index contributed by atoms with van der Waals surface area (Å²) in [6.07, 6.45) is 2.09. The minimum atomic E-state index is -0.221. The first-order chi connectivity index (χ1) is 15.3. The van der Waals surface area contributed by atoms with Gasteiger partial charge >= 0.3 is 0 Å². The topological polar surface area (TPSA) is 102 Å². The number of carbonyl (C=O) groups excluding carboxylic acids is 2. The fraction of sp³-hybridized carbons (Fsp3) is 0.435. The quantitative estimate of drug-likeness (QED) is 0.637. The van der Waals surface area contributed by atoms with Crippen molar-refractivity contribution >= 4 is 28.5 Å². The number of hydrogen-bond donors (Lipinski definition) is 2. The summed E-state index contributed by atoms with van der Waals surface area (Å²) < 4.78 is 8.90. The average molecular weight is 440 g/mol. The Morgan fingerprint density at radius 3 is 2.62 bits per heavy atom. The summed E-state index contributed by atoms with van der Waals surface area (Å²) >= 11 is 0. The summed E-state index contributed by atoms with van der Waals surface area (Å²) in [6, 6.07) is 5.54. The van der Waals surface area contributed by atoms with Crippen molar-refractivity contribution in [3.05, 3.63) is 30.0 Å². The molecule has 0 radical (unpaired) electrons. The fourth-order valence-electron chi connectivity index (χ4n) is 4.04. The number of aromatic nitrogens is 3. The Balaban J connectivity index is 1.67. The highest BCUT2D eigenvalue weighted by Gasteiger charge is 2.27. The third-order valence-corrected chi connectivity index (χ3v) is 5.65. The van der Waals surface area contributed by atoms with Crippen LogP contribution in [0.4, 0.5) is 5.69 Å². The molecule has 1 fully saturated rings. The Kier molecular flexibility index (Phi) is 5.92. The smallest absolute Gasteiger partial charge is 0.259 e. The van der Waals surface area contributed by atoms with Gasteiger partial charge in [0.05, 0.1) is 29.8 Å². The third kappa shape index (κ3) is 4.08. The molecule has 2 N–H and O–H groups in total. The normalized spacial score (nSPS) is 14.3. The predicted molar refractivity (Wildman–Crippen MR) is 122 cm³/mol. The molecule has 0 atom stereocenters. The summed E-state index contributed by atoms with van der Waals surface area (Å²) in [4.78, 5) is 31.4. The number of rotatable bonds is 5. The molecule has 2 amide bonds. The van der Waals surface area contributed by atoms with Crippen molar-refractivity contribution < 1.29 is 19.4 Å². The molecular formula is C23H29N5O4. The molecule has 1 aliphatic rings. The van der Waals surface area contributed by atoms with E-state index in [2.05, 4.69) is 5.32 Å². The van der Waals surface area contributed by atoms with Crippen molar-refractivity contribution in [3.63, 3.8) is 0 Å². The Hall–Kier alpha value is -3.33. The molecule has 32 heavy (non-hydrogen) atoms. The summed E-state index contributed by atoms with van der Waals surface area (Å²) in [6.45, 7) is 5.98. The Labute approximate surface area is 186 Å². The maximum atomic E-state index is 12.9. The van der Waals surface area contributed by atoms with E-state index in [1.807, 2.05) is 43.7 Å². The van der Waals surface area contributed by atoms with Crippen LogP contribution in [0.3, 0.4) is 0 Å². The lowest BCUT2D eigenvalue weighted by atomic mass is 10.1. The van der Waals surface area contributed by atoms with Gasteiger partial charge in [-0.3, -0.25) is 9.59 Å². The largest absolute Gasteiger partial charge is 0.505 e. The highest BCUT2D eigenvalue weighted by Crippen LogP contribution is 2.35. The highest BCUT2D eigenvalue weighted by molar-refractivity contribution is 5.99. The van der Waals surface area contributed by atoms with Gasteiger partial charge in [-0.1, -0.05) is 13.8 Å². The number of ether oxygens (including phenoxy) is 1. The van der Waals surface area contributed by atoms with Crippen LogP contribution in [0.5, 0.6) is 5.75 Å². The predicted octanol–water partition coefficient (Wildman–Crippen LogP) is 2.74. The molecule has 0 spiro atoms. The zero-order valence-corrected chi connectivity index (χ0v) is 18.9. The summed E-state index contributed by atoms with van der Waals surface area (Å²) in [5.74, 6) is 0.456. The minimum Gasteiger partial charge on any atom is -0.505 e. The molecule has 1 aromatic carbocycles. The van der Waals surface area contributed by atoms with Crippen LogP contribution < -0.4 is 5.32 Å². The number of anilines is 1. The van der Waals surface area contributed by atoms with Gasteiger partial charge in [-0.05, 0) is 24.1 Å². The van der Waals surface area contributed by atoms with Crippen molar-refractivity contribution in [2.75, 3.05) is 31.6 Å². The first-order valence-corrected chi connectivity index (χ1v) is 10.8. The minimum absolute atomic E-state index is 0.0400. The van der Waals surface area contributed by atoms with Crippen LogP contribution in [0.15, 0.2) is 24.4 Å². The lowest BCUT2D eigenvalue weighted by Gasteiger charge is -2.26. The van der Waals surface area contributed by atoms with Crippen molar-refractivity contribution in [1.82, 2.24) is 19.0 Å². The fourth-order valence-corrected chi connectivity index (χ4v) is 4.04. The van der Waals surface area contributed by atoms with Gasteiger partial charge in [0.15, 0.2) is 11.6 Å². The van der Waals surface area contributed by atoms with Crippen molar-refractivity contribution in [1.29, 1.82) is 0 Å². The van der Waals surface area contributed by atoms with Gasteiger partial charge in [0.1, 0.15) is 5.69 Å². The Bertz CT molecular complexity index is 1170. The van der Waals surface area contributed by atoms with Gasteiger partial charge in [-0.15, -0.1) is 0 Å². The molecule has 9 heteroatoms. The molecule has 1 saturated heterocycles. The number of hydrogen-bond acceptors (Lipinski definition) is 5. The van der Waals surface area contributed by atoms with E-state index in [9.17, 15) is 14.7 Å². The molecule has 3 heterocycles. The molecule has 0 unspecified atom stereocenters. The van der Waals surface area contributed by atoms with Crippen LogP contribution in [0.2, 0.25) is 0 Å². The second-order valence-corrected chi connectivity index (χ2v) is 8.60. The molecule has 170 valence electrons. The lowest BCUT2D eigenvalue weighted by Crippen LogP contribution is -2.40. The number of fused-ring (bicyclic) bond motifs is 1. The van der Waals surface area contributed by atoms with E-state index in [4.69, 9.17) is 9.72 Å². The molecule has 0 bridgehead atoms. The summed E-state index contributed by atoms with van der Waals surface area (Å²) in [7, 11) is 3.64. The number of benzene rings is 1. The second-order valence-electron chi connectivity index (χ2n) is 8.60. The standard InChI is InChI=1S/C23H29N5O4/c1-14(2)11-19(29)24-15-5-6-18-17(12-15)25-22(27(18)4)20-21(30)16(13-26(20)3)23(31)28-7-9-32-10-8-28/h5-6,12-14,30H,7-11H2,1-4H3,(H,24,29). The molecule has 1 aliphatic heterocycles. The number of nitrogens with one attached hydrogen (secondary N) is 1. The zero-order valence-electron chi connectivity index (χ0n) is 18.9. The molecule has 9 nitrogen and oxygen atoms in total. The van der Waals surface area contributed by atoms with Crippen LogP contribution >= 0.6 is 0 Å². The van der Waals surface area contributed by atoms with Gasteiger partial charge < -0.3 is 29.2 Å². The van der Waals surface area contributed by atoms with E-state index >= 15 is 0 Å². The zero-order chi connectivity index (χ0) is 23.0. The SMILES string of the molecule is CC(C)CC(=O)Nc1ccc2c(c1)nc(-c1c(O)c(C(=O)N3CCOCC3)cn1C)n2C. The monoisotopic (exact) mass is 439 g/mol. The highest BCUT2D eigenvalue weighted by atomic mass is 16.5. The summed E-state index contributed by atoms with van der Waals surface area (Å²) in [5.41, 5.74) is 2.92. The van der Waals surface area contributed by atoms with E-state index in [0.717, 1.165) is 5.52 Å². The molecule has 4 rings (SSSR count). The van der Waals surface area contributed by atoms with Crippen LogP contribution in [-0.4, -0.2) is 62.2 Å². The number of imidazole rings is 1. The van der Waals surface area contributed by atoms with E-state index < -0.39 is 0 Å². The molecule has 2 aromatic heterocycles. The van der Waals surface area contributed by atoms with Crippen LogP contribution in [-0.2, 0) is 23.6 Å². The average Bonchev–Trinajstić information content (AvgIpc) is 3.22. The van der Waals surface area contributed by atoms with Crippen LogP contribution in [0.25, 0.3) is 22.6 Å². The first kappa shape index (κ1) is 21.9. The third-order valence-electron chi connectivity index (χ3n) is 5.65. The summed E-state index contributed by atoms with van der Waals surface area (Å²) in [5, 5.41) is 13.9. The molecular weight excluding hydrogens is 410 g/mol. The maximum Gasteiger partial charge on any atom is 0.259 e. The van der Waals surface area contributed by atoms with E-state index in [-0.39, 0.29) is 29.0 Å². The van der Waals surface area contributed by atoms with E-state index in [0.29, 0.717) is 55.4 Å². The maximum absolute atomic E-state index is 12.9. The lowest BCUT2D eigenvalue weighted by molar-refractivity contribution is -0.116. The Morgan fingerprint density at radius 1 is 1.22 bits per heavy atom. The number of aromatic hydroxyl groups is 1. The van der Waals surface area contributed by atoms with Crippen molar-refractivity contribution in [3.8, 4) is 17.3 Å².